The minimum absolute atomic E-state index is 0.330. The van der Waals surface area contributed by atoms with Gasteiger partial charge in [0.2, 0.25) is 5.95 Å². The Hall–Kier alpha value is -3.25. The third-order valence-corrected chi connectivity index (χ3v) is 5.94. The number of benzene rings is 1. The third kappa shape index (κ3) is 3.66. The number of imidazole rings is 1. The molecule has 1 fully saturated rings. The Labute approximate surface area is 176 Å². The van der Waals surface area contributed by atoms with Crippen LogP contribution in [-0.2, 0) is 0 Å². The van der Waals surface area contributed by atoms with Crippen molar-refractivity contribution >= 4 is 11.6 Å². The molecule has 0 radical (unpaired) electrons. The van der Waals surface area contributed by atoms with Crippen molar-refractivity contribution in [3.05, 3.63) is 66.6 Å². The summed E-state index contributed by atoms with van der Waals surface area (Å²) in [6, 6.07) is 15.3. The Kier molecular flexibility index (Phi) is 4.93. The molecule has 1 saturated carbocycles. The molecule has 6 heteroatoms. The highest BCUT2D eigenvalue weighted by molar-refractivity contribution is 5.70. The first kappa shape index (κ1) is 18.8. The van der Waals surface area contributed by atoms with Gasteiger partial charge in [0.05, 0.1) is 17.6 Å². The van der Waals surface area contributed by atoms with Crippen LogP contribution in [0.3, 0.4) is 0 Å². The number of aromatic nitrogens is 4. The van der Waals surface area contributed by atoms with Crippen molar-refractivity contribution < 1.29 is 0 Å². The minimum Gasteiger partial charge on any atom is -0.351 e. The molecule has 0 spiro atoms. The van der Waals surface area contributed by atoms with Crippen molar-refractivity contribution in [1.29, 1.82) is 0 Å². The lowest BCUT2D eigenvalue weighted by Gasteiger charge is -2.26. The predicted octanol–water partition coefficient (Wildman–Crippen LogP) is 4.45. The number of nitrogens with zero attached hydrogens (tertiary/aromatic N) is 4. The van der Waals surface area contributed by atoms with E-state index in [4.69, 9.17) is 10.7 Å². The summed E-state index contributed by atoms with van der Waals surface area (Å²) in [5.74, 6) is 0.673. The Bertz CT molecular complexity index is 1160. The largest absolute Gasteiger partial charge is 0.351 e. The SMILES string of the molecule is Cc1cnc(N[C@H]2CC[C@H](N)CC2)nc1-c1cnc2cc(-c3ccccc3)ccn12. The summed E-state index contributed by atoms with van der Waals surface area (Å²) in [6.45, 7) is 2.04. The fourth-order valence-corrected chi connectivity index (χ4v) is 4.18. The lowest BCUT2D eigenvalue weighted by atomic mass is 9.92. The van der Waals surface area contributed by atoms with E-state index in [2.05, 4.69) is 62.3 Å². The first-order chi connectivity index (χ1) is 14.7. The quantitative estimate of drug-likeness (QED) is 0.531. The number of rotatable bonds is 4. The van der Waals surface area contributed by atoms with Crippen molar-refractivity contribution in [2.75, 3.05) is 5.32 Å². The van der Waals surface area contributed by atoms with Gasteiger partial charge in [-0.1, -0.05) is 30.3 Å². The highest BCUT2D eigenvalue weighted by Crippen LogP contribution is 2.27. The highest BCUT2D eigenvalue weighted by atomic mass is 15.1. The van der Waals surface area contributed by atoms with Crippen LogP contribution in [0.5, 0.6) is 0 Å². The molecule has 1 aliphatic carbocycles. The molecule has 0 saturated heterocycles. The summed E-state index contributed by atoms with van der Waals surface area (Å²) in [7, 11) is 0. The van der Waals surface area contributed by atoms with Crippen LogP contribution in [-0.4, -0.2) is 31.4 Å². The van der Waals surface area contributed by atoms with Crippen molar-refractivity contribution in [3.8, 4) is 22.5 Å². The zero-order chi connectivity index (χ0) is 20.5. The molecule has 0 atom stereocenters. The molecular weight excluding hydrogens is 372 g/mol. The number of anilines is 1. The van der Waals surface area contributed by atoms with Crippen LogP contribution in [0, 0.1) is 6.92 Å². The van der Waals surface area contributed by atoms with Crippen LogP contribution in [0.4, 0.5) is 5.95 Å². The summed E-state index contributed by atoms with van der Waals surface area (Å²) in [4.78, 5) is 14.0. The van der Waals surface area contributed by atoms with Crippen LogP contribution in [0.25, 0.3) is 28.2 Å². The molecule has 4 aromatic rings. The van der Waals surface area contributed by atoms with Gasteiger partial charge in [-0.25, -0.2) is 15.0 Å². The van der Waals surface area contributed by atoms with Crippen molar-refractivity contribution in [2.45, 2.75) is 44.7 Å². The smallest absolute Gasteiger partial charge is 0.223 e. The number of aryl methyl sites for hydroxylation is 1. The Balaban J connectivity index is 1.46. The van der Waals surface area contributed by atoms with Crippen molar-refractivity contribution in [1.82, 2.24) is 19.4 Å². The van der Waals surface area contributed by atoms with Gasteiger partial charge < -0.3 is 11.1 Å². The molecular formula is C24H26N6. The van der Waals surface area contributed by atoms with Crippen LogP contribution in [0.2, 0.25) is 0 Å². The van der Waals surface area contributed by atoms with E-state index in [1.54, 1.807) is 0 Å². The zero-order valence-corrected chi connectivity index (χ0v) is 17.1. The Morgan fingerprint density at radius 2 is 1.77 bits per heavy atom. The normalized spacial score (nSPS) is 19.1. The summed E-state index contributed by atoms with van der Waals surface area (Å²) in [5.41, 5.74) is 12.2. The number of hydrogen-bond donors (Lipinski definition) is 2. The number of hydrogen-bond acceptors (Lipinski definition) is 5. The van der Waals surface area contributed by atoms with E-state index in [9.17, 15) is 0 Å². The van der Waals surface area contributed by atoms with E-state index < -0.39 is 0 Å². The van der Waals surface area contributed by atoms with Gasteiger partial charge in [-0.3, -0.25) is 4.40 Å². The average Bonchev–Trinajstić information content (AvgIpc) is 3.20. The van der Waals surface area contributed by atoms with Crippen molar-refractivity contribution in [2.24, 2.45) is 5.73 Å². The molecule has 30 heavy (non-hydrogen) atoms. The van der Waals surface area contributed by atoms with Gasteiger partial charge in [0.1, 0.15) is 5.65 Å². The van der Waals surface area contributed by atoms with Crippen LogP contribution < -0.4 is 11.1 Å². The lowest BCUT2D eigenvalue weighted by molar-refractivity contribution is 0.410. The first-order valence-corrected chi connectivity index (χ1v) is 10.6. The summed E-state index contributed by atoms with van der Waals surface area (Å²) >= 11 is 0. The maximum Gasteiger partial charge on any atom is 0.223 e. The third-order valence-electron chi connectivity index (χ3n) is 5.94. The topological polar surface area (TPSA) is 81.1 Å². The molecule has 6 nitrogen and oxygen atoms in total. The number of pyridine rings is 1. The van der Waals surface area contributed by atoms with Crippen molar-refractivity contribution in [3.63, 3.8) is 0 Å². The fraction of sp³-hybridized carbons (Fsp3) is 0.292. The van der Waals surface area contributed by atoms with Crippen LogP contribution in [0.15, 0.2) is 61.1 Å². The number of nitrogens with one attached hydrogen (secondary N) is 1. The second-order valence-corrected chi connectivity index (χ2v) is 8.13. The molecule has 0 unspecified atom stereocenters. The Morgan fingerprint density at radius 3 is 2.57 bits per heavy atom. The van der Waals surface area contributed by atoms with Gasteiger partial charge >= 0.3 is 0 Å². The van der Waals surface area contributed by atoms with E-state index >= 15 is 0 Å². The molecule has 3 heterocycles. The molecule has 0 aliphatic heterocycles. The van der Waals surface area contributed by atoms with Crippen LogP contribution >= 0.6 is 0 Å². The maximum absolute atomic E-state index is 6.03. The van der Waals surface area contributed by atoms with Gasteiger partial charge in [0, 0.05) is 24.5 Å². The maximum atomic E-state index is 6.03. The van der Waals surface area contributed by atoms with Gasteiger partial charge in [0.15, 0.2) is 0 Å². The van der Waals surface area contributed by atoms with Gasteiger partial charge in [-0.2, -0.15) is 0 Å². The second kappa shape index (κ2) is 7.88. The monoisotopic (exact) mass is 398 g/mol. The van der Waals surface area contributed by atoms with E-state index in [1.165, 1.54) is 5.56 Å². The van der Waals surface area contributed by atoms with E-state index in [-0.39, 0.29) is 0 Å². The molecule has 3 N–H and O–H groups in total. The second-order valence-electron chi connectivity index (χ2n) is 8.13. The summed E-state index contributed by atoms with van der Waals surface area (Å²) in [6.07, 6.45) is 10.1. The number of fused-ring (bicyclic) bond motifs is 1. The van der Waals surface area contributed by atoms with E-state index in [1.807, 2.05) is 25.4 Å². The standard InChI is InChI=1S/C24H26N6/c1-16-14-27-24(28-20-9-7-19(25)8-10-20)29-23(16)21-15-26-22-13-18(11-12-30(21)22)17-5-3-2-4-6-17/h2-6,11-15,19-20H,7-10,25H2,1H3,(H,27,28,29)/t19-,20-. The molecule has 5 rings (SSSR count). The first-order valence-electron chi connectivity index (χ1n) is 10.6. The molecule has 0 bridgehead atoms. The van der Waals surface area contributed by atoms with E-state index in [0.717, 1.165) is 53.8 Å². The molecule has 1 aliphatic rings. The Morgan fingerprint density at radius 1 is 0.967 bits per heavy atom. The molecule has 152 valence electrons. The van der Waals surface area contributed by atoms with Crippen LogP contribution in [0.1, 0.15) is 31.2 Å². The highest BCUT2D eigenvalue weighted by Gasteiger charge is 2.20. The zero-order valence-electron chi connectivity index (χ0n) is 17.1. The van der Waals surface area contributed by atoms with E-state index in [0.29, 0.717) is 18.0 Å². The fourth-order valence-electron chi connectivity index (χ4n) is 4.18. The minimum atomic E-state index is 0.330. The molecule has 3 aromatic heterocycles. The van der Waals surface area contributed by atoms with Gasteiger partial charge in [0.25, 0.3) is 0 Å². The number of nitrogens with two attached hydrogens (primary N) is 1. The van der Waals surface area contributed by atoms with Gasteiger partial charge in [-0.05, 0) is 61.4 Å². The summed E-state index contributed by atoms with van der Waals surface area (Å²) < 4.78 is 2.09. The predicted molar refractivity (Wildman–Crippen MR) is 120 cm³/mol. The molecule has 0 amide bonds. The molecule has 1 aromatic carbocycles. The van der Waals surface area contributed by atoms with Gasteiger partial charge in [-0.15, -0.1) is 0 Å². The average molecular weight is 399 g/mol. The lowest BCUT2D eigenvalue weighted by Crippen LogP contribution is -2.33. The summed E-state index contributed by atoms with van der Waals surface area (Å²) in [5, 5.41) is 3.50.